The zero-order valence-electron chi connectivity index (χ0n) is 35.3. The number of thiazole rings is 1. The number of ether oxygens (including phenoxy) is 3. The Labute approximate surface area is 353 Å². The van der Waals surface area contributed by atoms with Gasteiger partial charge in [0.05, 0.1) is 33.5 Å². The molecule has 318 valence electrons. The maximum absolute atomic E-state index is 14.9. The van der Waals surface area contributed by atoms with Crippen LogP contribution in [0.2, 0.25) is 0 Å². The van der Waals surface area contributed by atoms with Crippen LogP contribution in [0.25, 0.3) is 27.8 Å². The molecule has 4 aromatic rings. The molecule has 0 N–H and O–H groups in total. The summed E-state index contributed by atoms with van der Waals surface area (Å²) in [6, 6.07) is 19.4. The molecule has 4 rings (SSSR count). The number of hydrogen-bond acceptors (Lipinski definition) is 11. The predicted octanol–water partition coefficient (Wildman–Crippen LogP) is 11.1. The third-order valence-corrected chi connectivity index (χ3v) is 12.8. The average Bonchev–Trinajstić information content (AvgIpc) is 3.54. The molecule has 0 spiro atoms. The summed E-state index contributed by atoms with van der Waals surface area (Å²) >= 11 is 0.941. The molecular formula is C44H55N3O9S3. The van der Waals surface area contributed by atoms with E-state index in [1.807, 2.05) is 48.5 Å². The standard InChI is InChI=1S/C44H55N3O9S3/c1-12-14-17-28-58(50,51)46(40(48)55-43(6,7)8)33-22-19-24-35(30-33)59(52,53)47(41(49)56-44(9,10)11)39-45-37(36-25-16-15-20-31(36)13-2)38(57-39)32-21-18-23-34(29-32)54-27-26-42(3,4)5/h12-13,15-16,18-25,29-30H,1-2,14,17,26-28H2,3-11H3. The Morgan fingerprint density at radius 3 is 2.03 bits per heavy atom. The molecule has 0 saturated carbocycles. The van der Waals surface area contributed by atoms with Crippen molar-refractivity contribution in [2.45, 2.75) is 97.7 Å². The molecule has 2 amide bonds. The SMILES string of the molecule is C=CCCCS(=O)(=O)N(C(=O)OC(C)(C)C)c1cccc(S(=O)(=O)N(C(=O)OC(C)(C)C)c2nc(-c3ccccc3C=C)c(-c3cccc(OCCC(C)(C)C)c3)s2)c1. The molecule has 1 aromatic heterocycles. The monoisotopic (exact) mass is 865 g/mol. The van der Waals surface area contributed by atoms with Gasteiger partial charge in [-0.05, 0) is 108 Å². The summed E-state index contributed by atoms with van der Waals surface area (Å²) < 4.78 is 75.5. The van der Waals surface area contributed by atoms with Crippen molar-refractivity contribution < 1.29 is 40.6 Å². The Morgan fingerprint density at radius 2 is 1.42 bits per heavy atom. The molecule has 0 aliphatic carbocycles. The topological polar surface area (TPSA) is 149 Å². The van der Waals surface area contributed by atoms with Gasteiger partial charge in [0.1, 0.15) is 17.0 Å². The lowest BCUT2D eigenvalue weighted by molar-refractivity contribution is 0.0596. The molecule has 0 atom stereocenters. The molecule has 12 nitrogen and oxygen atoms in total. The number of anilines is 2. The minimum Gasteiger partial charge on any atom is -0.494 e. The van der Waals surface area contributed by atoms with E-state index >= 15 is 0 Å². The number of unbranched alkanes of at least 4 members (excludes halogenated alkanes) is 1. The minimum absolute atomic E-state index is 0.0512. The Kier molecular flexibility index (Phi) is 14.7. The molecule has 15 heteroatoms. The van der Waals surface area contributed by atoms with E-state index in [-0.39, 0.29) is 22.7 Å². The van der Waals surface area contributed by atoms with Gasteiger partial charge in [-0.25, -0.2) is 31.4 Å². The van der Waals surface area contributed by atoms with E-state index in [0.29, 0.717) is 54.6 Å². The van der Waals surface area contributed by atoms with Crippen molar-refractivity contribution in [3.05, 3.63) is 97.6 Å². The Hall–Kier alpha value is -4.99. The van der Waals surface area contributed by atoms with Crippen LogP contribution in [0.3, 0.4) is 0 Å². The summed E-state index contributed by atoms with van der Waals surface area (Å²) in [4.78, 5) is 32.6. The second kappa shape index (κ2) is 18.5. The van der Waals surface area contributed by atoms with Crippen LogP contribution in [0.1, 0.15) is 87.1 Å². The van der Waals surface area contributed by atoms with Crippen molar-refractivity contribution in [3.8, 4) is 27.4 Å². The summed E-state index contributed by atoms with van der Waals surface area (Å²) in [5, 5.41) is -0.256. The average molecular weight is 866 g/mol. The van der Waals surface area contributed by atoms with Crippen LogP contribution in [0.4, 0.5) is 20.4 Å². The first kappa shape index (κ1) is 46.7. The second-order valence-corrected chi connectivity index (χ2v) is 21.6. The van der Waals surface area contributed by atoms with Crippen molar-refractivity contribution in [1.82, 2.24) is 4.98 Å². The number of rotatable bonds is 15. The Bertz CT molecular complexity index is 2380. The summed E-state index contributed by atoms with van der Waals surface area (Å²) in [7, 11) is -9.35. The third kappa shape index (κ3) is 12.5. The highest BCUT2D eigenvalue weighted by atomic mass is 32.2. The van der Waals surface area contributed by atoms with E-state index in [0.717, 1.165) is 23.8 Å². The molecule has 0 radical (unpaired) electrons. The number of amides is 2. The number of carbonyl (C=O) groups is 2. The molecule has 3 aromatic carbocycles. The van der Waals surface area contributed by atoms with Gasteiger partial charge >= 0.3 is 12.2 Å². The van der Waals surface area contributed by atoms with E-state index in [1.54, 1.807) is 53.7 Å². The number of hydrogen-bond donors (Lipinski definition) is 0. The number of nitrogens with zero attached hydrogens (tertiary/aromatic N) is 3. The van der Waals surface area contributed by atoms with Crippen LogP contribution in [-0.4, -0.2) is 57.6 Å². The summed E-state index contributed by atoms with van der Waals surface area (Å²) in [5.41, 5.74) is -0.151. The van der Waals surface area contributed by atoms with E-state index in [2.05, 4.69) is 33.9 Å². The lowest BCUT2D eigenvalue weighted by Gasteiger charge is -2.28. The molecule has 0 fully saturated rings. The van der Waals surface area contributed by atoms with Gasteiger partial charge in [0.2, 0.25) is 15.2 Å². The lowest BCUT2D eigenvalue weighted by atomic mass is 9.93. The van der Waals surface area contributed by atoms with Crippen LogP contribution < -0.4 is 13.3 Å². The van der Waals surface area contributed by atoms with E-state index in [4.69, 9.17) is 19.2 Å². The van der Waals surface area contributed by atoms with Gasteiger partial charge in [-0.3, -0.25) is 0 Å². The van der Waals surface area contributed by atoms with Crippen molar-refractivity contribution >= 4 is 60.5 Å². The van der Waals surface area contributed by atoms with Gasteiger partial charge in [-0.15, -0.1) is 10.9 Å². The number of sulfonamides is 2. The van der Waals surface area contributed by atoms with Crippen LogP contribution in [0.5, 0.6) is 5.75 Å². The quantitative estimate of drug-likeness (QED) is 0.0834. The highest BCUT2D eigenvalue weighted by molar-refractivity contribution is 7.94. The van der Waals surface area contributed by atoms with E-state index in [1.165, 1.54) is 18.2 Å². The zero-order chi connectivity index (χ0) is 44.0. The van der Waals surface area contributed by atoms with Crippen molar-refractivity contribution in [2.75, 3.05) is 21.0 Å². The number of aromatic nitrogens is 1. The zero-order valence-corrected chi connectivity index (χ0v) is 37.7. The highest BCUT2D eigenvalue weighted by Crippen LogP contribution is 2.44. The molecular weight excluding hydrogens is 811 g/mol. The fourth-order valence-corrected chi connectivity index (χ4v) is 9.51. The molecule has 0 aliphatic heterocycles. The van der Waals surface area contributed by atoms with Crippen LogP contribution in [0.15, 0.2) is 96.9 Å². The maximum atomic E-state index is 14.9. The van der Waals surface area contributed by atoms with Gasteiger partial charge in [-0.2, -0.15) is 4.31 Å². The third-order valence-electron chi connectivity index (χ3n) is 8.24. The van der Waals surface area contributed by atoms with Gasteiger partial charge in [0, 0.05) is 5.56 Å². The van der Waals surface area contributed by atoms with Crippen molar-refractivity contribution in [3.63, 3.8) is 0 Å². The highest BCUT2D eigenvalue weighted by Gasteiger charge is 2.40. The first-order valence-electron chi connectivity index (χ1n) is 19.1. The molecule has 0 saturated heterocycles. The minimum atomic E-state index is -4.95. The van der Waals surface area contributed by atoms with Crippen molar-refractivity contribution in [2.24, 2.45) is 5.41 Å². The predicted molar refractivity (Wildman–Crippen MR) is 237 cm³/mol. The first-order valence-corrected chi connectivity index (χ1v) is 22.9. The summed E-state index contributed by atoms with van der Waals surface area (Å²) in [5.74, 6) is 0.131. The fourth-order valence-electron chi connectivity index (χ4n) is 5.51. The fraction of sp³-hybridized carbons (Fsp3) is 0.386. The smallest absolute Gasteiger partial charge is 0.431 e. The van der Waals surface area contributed by atoms with Gasteiger partial charge < -0.3 is 14.2 Å². The maximum Gasteiger partial charge on any atom is 0.431 e. The van der Waals surface area contributed by atoms with Crippen molar-refractivity contribution in [1.29, 1.82) is 0 Å². The first-order chi connectivity index (χ1) is 27.4. The number of benzene rings is 3. The molecule has 1 heterocycles. The van der Waals surface area contributed by atoms with Gasteiger partial charge in [0.15, 0.2) is 0 Å². The van der Waals surface area contributed by atoms with Gasteiger partial charge in [-0.1, -0.05) is 93.3 Å². The summed E-state index contributed by atoms with van der Waals surface area (Å²) in [6.07, 6.45) is 2.02. The Balaban J connectivity index is 1.96. The van der Waals surface area contributed by atoms with Crippen LogP contribution in [0, 0.1) is 5.41 Å². The second-order valence-electron chi connectivity index (χ2n) is 16.9. The molecule has 0 bridgehead atoms. The number of allylic oxidation sites excluding steroid dienone is 1. The molecule has 0 unspecified atom stereocenters. The molecule has 59 heavy (non-hydrogen) atoms. The van der Waals surface area contributed by atoms with Crippen LogP contribution >= 0.6 is 11.3 Å². The summed E-state index contributed by atoms with van der Waals surface area (Å²) in [6.45, 7) is 23.9. The van der Waals surface area contributed by atoms with E-state index in [9.17, 15) is 26.4 Å². The van der Waals surface area contributed by atoms with Crippen LogP contribution in [-0.2, 0) is 29.5 Å². The normalized spacial score (nSPS) is 12.4. The lowest BCUT2D eigenvalue weighted by Crippen LogP contribution is -2.43. The Morgan fingerprint density at radius 1 is 0.797 bits per heavy atom. The van der Waals surface area contributed by atoms with Gasteiger partial charge in [0.25, 0.3) is 10.0 Å². The number of carbonyl (C=O) groups excluding carboxylic acids is 2. The molecule has 0 aliphatic rings. The van der Waals surface area contributed by atoms with E-state index < -0.39 is 54.1 Å². The largest absolute Gasteiger partial charge is 0.494 e.